The molecule has 0 saturated carbocycles. The lowest BCUT2D eigenvalue weighted by Crippen LogP contribution is -2.43. The smallest absolute Gasteiger partial charge is 0.225 e. The molecule has 150 valence electrons. The SMILES string of the molecule is O=C(CCc1ccccc1)Nc1ccnn1C1CCN(C2CCSCC2)CC1. The van der Waals surface area contributed by atoms with Crippen LogP contribution in [0, 0.1) is 0 Å². The standard InChI is InChI=1S/C22H30N4OS/c27-22(7-6-18-4-2-1-3-5-18)24-21-8-13-23-26(21)20-9-14-25(15-10-20)19-11-16-28-17-12-19/h1-5,8,13,19-20H,6-7,9-12,14-17H2,(H,24,27). The summed E-state index contributed by atoms with van der Waals surface area (Å²) in [6.45, 7) is 2.28. The van der Waals surface area contributed by atoms with Crippen molar-refractivity contribution in [3.8, 4) is 0 Å². The molecule has 1 amide bonds. The zero-order valence-electron chi connectivity index (χ0n) is 16.4. The summed E-state index contributed by atoms with van der Waals surface area (Å²) >= 11 is 2.09. The molecule has 0 aliphatic carbocycles. The maximum Gasteiger partial charge on any atom is 0.225 e. The molecule has 5 nitrogen and oxygen atoms in total. The molecule has 6 heteroatoms. The lowest BCUT2D eigenvalue weighted by atomic mass is 10.0. The van der Waals surface area contributed by atoms with E-state index in [0.29, 0.717) is 12.5 Å². The molecule has 1 aromatic carbocycles. The van der Waals surface area contributed by atoms with Crippen LogP contribution in [0.3, 0.4) is 0 Å². The minimum atomic E-state index is 0.0581. The van der Waals surface area contributed by atoms with Crippen LogP contribution in [0.2, 0.25) is 0 Å². The number of anilines is 1. The highest BCUT2D eigenvalue weighted by molar-refractivity contribution is 7.99. The van der Waals surface area contributed by atoms with E-state index in [0.717, 1.165) is 44.2 Å². The molecule has 0 bridgehead atoms. The van der Waals surface area contributed by atoms with E-state index < -0.39 is 0 Å². The molecule has 2 fully saturated rings. The summed E-state index contributed by atoms with van der Waals surface area (Å²) in [7, 11) is 0. The third-order valence-corrected chi connectivity index (χ3v) is 7.02. The van der Waals surface area contributed by atoms with Crippen LogP contribution in [-0.4, -0.2) is 51.2 Å². The molecule has 0 unspecified atom stereocenters. The predicted molar refractivity (Wildman–Crippen MR) is 116 cm³/mol. The maximum absolute atomic E-state index is 12.4. The van der Waals surface area contributed by atoms with E-state index in [2.05, 4.69) is 39.2 Å². The fourth-order valence-corrected chi connectivity index (χ4v) is 5.44. The van der Waals surface area contributed by atoms with Crippen LogP contribution in [-0.2, 0) is 11.2 Å². The van der Waals surface area contributed by atoms with Gasteiger partial charge in [0.25, 0.3) is 0 Å². The number of likely N-dealkylation sites (tertiary alicyclic amines) is 1. The highest BCUT2D eigenvalue weighted by Gasteiger charge is 2.28. The van der Waals surface area contributed by atoms with Gasteiger partial charge in [0.15, 0.2) is 0 Å². The molecule has 2 aromatic rings. The van der Waals surface area contributed by atoms with Crippen molar-refractivity contribution in [3.05, 3.63) is 48.2 Å². The van der Waals surface area contributed by atoms with Gasteiger partial charge in [0.1, 0.15) is 5.82 Å². The van der Waals surface area contributed by atoms with Crippen LogP contribution >= 0.6 is 11.8 Å². The number of rotatable bonds is 6. The molecule has 0 radical (unpaired) electrons. The molecule has 2 aliphatic heterocycles. The third kappa shape index (κ3) is 4.97. The zero-order valence-corrected chi connectivity index (χ0v) is 17.2. The van der Waals surface area contributed by atoms with Crippen molar-refractivity contribution in [3.63, 3.8) is 0 Å². The number of thioether (sulfide) groups is 1. The zero-order chi connectivity index (χ0) is 19.2. The fraction of sp³-hybridized carbons (Fsp3) is 0.545. The molecular weight excluding hydrogens is 368 g/mol. The molecular formula is C22H30N4OS. The van der Waals surface area contributed by atoms with Crippen molar-refractivity contribution in [1.29, 1.82) is 0 Å². The Morgan fingerprint density at radius 3 is 2.54 bits per heavy atom. The molecule has 28 heavy (non-hydrogen) atoms. The number of hydrogen-bond acceptors (Lipinski definition) is 4. The fourth-order valence-electron chi connectivity index (χ4n) is 4.36. The summed E-state index contributed by atoms with van der Waals surface area (Å²) in [5.74, 6) is 3.51. The van der Waals surface area contributed by atoms with Crippen molar-refractivity contribution >= 4 is 23.5 Å². The van der Waals surface area contributed by atoms with Gasteiger partial charge in [-0.25, -0.2) is 4.68 Å². The van der Waals surface area contributed by atoms with Gasteiger partial charge in [-0.3, -0.25) is 4.79 Å². The Labute approximate surface area is 171 Å². The predicted octanol–water partition coefficient (Wildman–Crippen LogP) is 3.99. The largest absolute Gasteiger partial charge is 0.311 e. The normalized spacial score (nSPS) is 19.6. The summed E-state index contributed by atoms with van der Waals surface area (Å²) < 4.78 is 2.04. The van der Waals surface area contributed by atoms with Crippen molar-refractivity contribution in [1.82, 2.24) is 14.7 Å². The highest BCUT2D eigenvalue weighted by atomic mass is 32.2. The summed E-state index contributed by atoms with van der Waals surface area (Å²) in [6.07, 6.45) is 7.94. The number of carbonyl (C=O) groups excluding carboxylic acids is 1. The van der Waals surface area contributed by atoms with Crippen LogP contribution < -0.4 is 5.32 Å². The van der Waals surface area contributed by atoms with E-state index in [1.807, 2.05) is 28.9 Å². The second-order valence-corrected chi connectivity index (χ2v) is 9.03. The summed E-state index contributed by atoms with van der Waals surface area (Å²) in [6, 6.07) is 13.2. The van der Waals surface area contributed by atoms with Crippen LogP contribution in [0.4, 0.5) is 5.82 Å². The van der Waals surface area contributed by atoms with Crippen molar-refractivity contribution in [2.75, 3.05) is 29.9 Å². The Morgan fingerprint density at radius 2 is 1.79 bits per heavy atom. The molecule has 2 saturated heterocycles. The third-order valence-electron chi connectivity index (χ3n) is 5.97. The van der Waals surface area contributed by atoms with Gasteiger partial charge in [-0.15, -0.1) is 0 Å². The van der Waals surface area contributed by atoms with Gasteiger partial charge in [-0.05, 0) is 49.2 Å². The number of amides is 1. The quantitative estimate of drug-likeness (QED) is 0.799. The van der Waals surface area contributed by atoms with E-state index in [9.17, 15) is 4.79 Å². The van der Waals surface area contributed by atoms with Gasteiger partial charge in [0.05, 0.1) is 12.2 Å². The lowest BCUT2D eigenvalue weighted by Gasteiger charge is -2.39. The summed E-state index contributed by atoms with van der Waals surface area (Å²) in [5, 5.41) is 7.61. The summed E-state index contributed by atoms with van der Waals surface area (Å²) in [5.41, 5.74) is 1.19. The highest BCUT2D eigenvalue weighted by Crippen LogP contribution is 2.29. The minimum absolute atomic E-state index is 0.0581. The number of hydrogen-bond donors (Lipinski definition) is 1. The Bertz CT molecular complexity index is 749. The van der Waals surface area contributed by atoms with Gasteiger partial charge >= 0.3 is 0 Å². The second kappa shape index (κ2) is 9.61. The number of nitrogens with one attached hydrogen (secondary N) is 1. The van der Waals surface area contributed by atoms with Gasteiger partial charge in [-0.2, -0.15) is 16.9 Å². The van der Waals surface area contributed by atoms with Crippen molar-refractivity contribution < 1.29 is 4.79 Å². The van der Waals surface area contributed by atoms with Gasteiger partial charge in [-0.1, -0.05) is 30.3 Å². The van der Waals surface area contributed by atoms with Gasteiger partial charge in [0, 0.05) is 31.6 Å². The molecule has 1 aromatic heterocycles. The first-order valence-corrected chi connectivity index (χ1v) is 11.6. The monoisotopic (exact) mass is 398 g/mol. The number of carbonyl (C=O) groups is 1. The summed E-state index contributed by atoms with van der Waals surface area (Å²) in [4.78, 5) is 15.1. The van der Waals surface area contributed by atoms with E-state index in [1.54, 1.807) is 6.20 Å². The van der Waals surface area contributed by atoms with Crippen LogP contribution in [0.1, 0.15) is 43.7 Å². The van der Waals surface area contributed by atoms with Gasteiger partial charge < -0.3 is 10.2 Å². The molecule has 1 N–H and O–H groups in total. The first kappa shape index (κ1) is 19.5. The van der Waals surface area contributed by atoms with Crippen molar-refractivity contribution in [2.45, 2.75) is 50.6 Å². The molecule has 3 heterocycles. The van der Waals surface area contributed by atoms with Crippen molar-refractivity contribution in [2.24, 2.45) is 0 Å². The molecule has 0 atom stereocenters. The number of benzene rings is 1. The first-order valence-electron chi connectivity index (χ1n) is 10.5. The van der Waals surface area contributed by atoms with E-state index in [4.69, 9.17) is 0 Å². The topological polar surface area (TPSA) is 50.2 Å². The maximum atomic E-state index is 12.4. The Morgan fingerprint density at radius 1 is 1.04 bits per heavy atom. The minimum Gasteiger partial charge on any atom is -0.311 e. The Balaban J connectivity index is 1.28. The number of piperidine rings is 1. The number of aryl methyl sites for hydroxylation is 1. The van der Waals surface area contributed by atoms with E-state index in [1.165, 1.54) is 29.9 Å². The number of aromatic nitrogens is 2. The van der Waals surface area contributed by atoms with E-state index >= 15 is 0 Å². The second-order valence-electron chi connectivity index (χ2n) is 7.81. The van der Waals surface area contributed by atoms with Gasteiger partial charge in [0.2, 0.25) is 5.91 Å². The first-order chi connectivity index (χ1) is 13.8. The van der Waals surface area contributed by atoms with Crippen LogP contribution in [0.5, 0.6) is 0 Å². The Hall–Kier alpha value is -1.79. The number of nitrogens with zero attached hydrogens (tertiary/aromatic N) is 3. The molecule has 0 spiro atoms. The molecule has 4 rings (SSSR count). The average molecular weight is 399 g/mol. The van der Waals surface area contributed by atoms with E-state index in [-0.39, 0.29) is 5.91 Å². The van der Waals surface area contributed by atoms with Crippen LogP contribution in [0.25, 0.3) is 0 Å². The van der Waals surface area contributed by atoms with Crippen LogP contribution in [0.15, 0.2) is 42.6 Å². The lowest BCUT2D eigenvalue weighted by molar-refractivity contribution is -0.116. The Kier molecular flexibility index (Phi) is 6.70. The average Bonchev–Trinajstić information content (AvgIpc) is 3.22. The molecule has 2 aliphatic rings.